The number of para-hydroxylation sites is 2. The molecule has 41 heavy (non-hydrogen) atoms. The van der Waals surface area contributed by atoms with Crippen molar-refractivity contribution in [2.24, 2.45) is 0 Å². The van der Waals surface area contributed by atoms with Crippen molar-refractivity contribution in [3.8, 4) is 17.3 Å². The molecule has 4 heterocycles. The summed E-state index contributed by atoms with van der Waals surface area (Å²) in [6.07, 6.45) is 4.18. The third-order valence-electron chi connectivity index (χ3n) is 8.22. The first-order chi connectivity index (χ1) is 20.2. The molecule has 0 radical (unpaired) electrons. The number of nitrogens with one attached hydrogen (secondary N) is 3. The first-order valence-corrected chi connectivity index (χ1v) is 13.7. The zero-order valence-electron chi connectivity index (χ0n) is 22.4. The first kappa shape index (κ1) is 23.3. The van der Waals surface area contributed by atoms with Crippen molar-refractivity contribution in [1.29, 1.82) is 5.26 Å². The summed E-state index contributed by atoms with van der Waals surface area (Å²) in [7, 11) is 0. The fourth-order valence-electron chi connectivity index (χ4n) is 6.20. The Morgan fingerprint density at radius 2 is 1.37 bits per heavy atom. The van der Waals surface area contributed by atoms with Crippen molar-refractivity contribution in [3.63, 3.8) is 0 Å². The van der Waals surface area contributed by atoms with E-state index in [4.69, 9.17) is 4.98 Å². The van der Waals surface area contributed by atoms with E-state index in [9.17, 15) is 5.26 Å². The third-order valence-corrected chi connectivity index (χ3v) is 8.22. The van der Waals surface area contributed by atoms with Gasteiger partial charge in [0.1, 0.15) is 0 Å². The summed E-state index contributed by atoms with van der Waals surface area (Å²) >= 11 is 0. The highest BCUT2D eigenvalue weighted by Gasteiger charge is 2.27. The van der Waals surface area contributed by atoms with Gasteiger partial charge in [-0.25, -0.2) is 4.98 Å². The molecule has 0 aliphatic rings. The molecule has 4 aromatic heterocycles. The number of nitrogens with zero attached hydrogens (tertiary/aromatic N) is 2. The van der Waals surface area contributed by atoms with E-state index >= 15 is 0 Å². The van der Waals surface area contributed by atoms with Crippen molar-refractivity contribution < 1.29 is 0 Å². The molecule has 5 heteroatoms. The lowest BCUT2D eigenvalue weighted by Crippen LogP contribution is -2.06. The van der Waals surface area contributed by atoms with Gasteiger partial charge in [-0.3, -0.25) is 0 Å². The molecule has 8 aromatic rings. The second-order valence-electron chi connectivity index (χ2n) is 10.7. The lowest BCUT2D eigenvalue weighted by molar-refractivity contribution is 0.941. The maximum atomic E-state index is 9.70. The van der Waals surface area contributed by atoms with Crippen LogP contribution in [-0.2, 0) is 0 Å². The smallest absolute Gasteiger partial charge is 0.0991 e. The van der Waals surface area contributed by atoms with Crippen molar-refractivity contribution in [3.05, 3.63) is 137 Å². The number of benzene rings is 4. The van der Waals surface area contributed by atoms with E-state index in [0.29, 0.717) is 5.56 Å². The highest BCUT2D eigenvalue weighted by molar-refractivity contribution is 6.11. The van der Waals surface area contributed by atoms with Gasteiger partial charge in [-0.05, 0) is 54.4 Å². The number of hydrogen-bond acceptors (Lipinski definition) is 2. The topological polar surface area (TPSA) is 84.0 Å². The van der Waals surface area contributed by atoms with E-state index in [0.717, 1.165) is 66.3 Å². The van der Waals surface area contributed by atoms with Gasteiger partial charge in [-0.2, -0.15) is 5.26 Å². The average molecular weight is 528 g/mol. The van der Waals surface area contributed by atoms with Crippen LogP contribution in [0.25, 0.3) is 54.9 Å². The van der Waals surface area contributed by atoms with E-state index in [-0.39, 0.29) is 5.92 Å². The summed E-state index contributed by atoms with van der Waals surface area (Å²) in [5.41, 5.74) is 11.2. The molecule has 0 amide bonds. The van der Waals surface area contributed by atoms with Crippen LogP contribution in [0, 0.1) is 18.3 Å². The second-order valence-corrected chi connectivity index (χ2v) is 10.7. The fourth-order valence-corrected chi connectivity index (χ4v) is 6.20. The lowest BCUT2D eigenvalue weighted by atomic mass is 9.86. The van der Waals surface area contributed by atoms with E-state index in [1.165, 1.54) is 10.9 Å². The zero-order valence-corrected chi connectivity index (χ0v) is 22.4. The van der Waals surface area contributed by atoms with Crippen LogP contribution in [0.1, 0.15) is 33.9 Å². The van der Waals surface area contributed by atoms with Gasteiger partial charge in [-0.1, -0.05) is 66.2 Å². The van der Waals surface area contributed by atoms with Crippen LogP contribution in [0.5, 0.6) is 0 Å². The lowest BCUT2D eigenvalue weighted by Gasteiger charge is -2.18. The number of H-pyrrole nitrogens is 3. The average Bonchev–Trinajstić information content (AvgIpc) is 3.73. The Bertz CT molecular complexity index is 2290. The molecule has 0 aliphatic carbocycles. The molecule has 0 saturated heterocycles. The summed E-state index contributed by atoms with van der Waals surface area (Å²) in [6.45, 7) is 2.10. The highest BCUT2D eigenvalue weighted by Crippen LogP contribution is 2.42. The second kappa shape index (κ2) is 8.97. The standard InChI is InChI=1S/C36H25N5/c1-21-10-13-23(14-11-21)35-36-27(24-6-3-5-9-32(24)40-36)17-33(41-35)34(28-19-38-30-8-4-2-7-25(28)30)29-20-39-31-15-12-22(18-37)16-26(29)31/h2-17,19-20,34,38-40H,1H3. The van der Waals surface area contributed by atoms with Crippen LogP contribution < -0.4 is 0 Å². The van der Waals surface area contributed by atoms with Crippen molar-refractivity contribution in [2.75, 3.05) is 0 Å². The molecule has 0 aliphatic heterocycles. The van der Waals surface area contributed by atoms with Gasteiger partial charge in [0, 0.05) is 56.1 Å². The van der Waals surface area contributed by atoms with Gasteiger partial charge >= 0.3 is 0 Å². The van der Waals surface area contributed by atoms with Gasteiger partial charge in [-0.15, -0.1) is 0 Å². The fraction of sp³-hybridized carbons (Fsp3) is 0.0556. The molecule has 3 N–H and O–H groups in total. The van der Waals surface area contributed by atoms with Gasteiger partial charge in [0.2, 0.25) is 0 Å². The van der Waals surface area contributed by atoms with Gasteiger partial charge in [0.05, 0.1) is 34.5 Å². The van der Waals surface area contributed by atoms with Crippen molar-refractivity contribution >= 4 is 43.6 Å². The monoisotopic (exact) mass is 527 g/mol. The molecule has 0 saturated carbocycles. The van der Waals surface area contributed by atoms with Crippen molar-refractivity contribution in [2.45, 2.75) is 12.8 Å². The molecule has 8 rings (SSSR count). The maximum absolute atomic E-state index is 9.70. The highest BCUT2D eigenvalue weighted by atomic mass is 14.8. The van der Waals surface area contributed by atoms with Crippen LogP contribution in [0.2, 0.25) is 0 Å². The van der Waals surface area contributed by atoms with Crippen LogP contribution in [0.15, 0.2) is 109 Å². The molecule has 4 aromatic carbocycles. The molecule has 1 unspecified atom stereocenters. The van der Waals surface area contributed by atoms with Gasteiger partial charge < -0.3 is 15.0 Å². The number of fused-ring (bicyclic) bond motifs is 5. The molecule has 1 atom stereocenters. The number of nitriles is 1. The minimum Gasteiger partial charge on any atom is -0.361 e. The quantitative estimate of drug-likeness (QED) is 0.214. The number of aromatic nitrogens is 4. The van der Waals surface area contributed by atoms with Gasteiger partial charge in [0.25, 0.3) is 0 Å². The molecular formula is C36H25N5. The summed E-state index contributed by atoms with van der Waals surface area (Å²) in [6, 6.07) is 35.8. The summed E-state index contributed by atoms with van der Waals surface area (Å²) in [4.78, 5) is 16.0. The van der Waals surface area contributed by atoms with Crippen LogP contribution in [0.4, 0.5) is 0 Å². The minimum absolute atomic E-state index is 0.184. The zero-order chi connectivity index (χ0) is 27.5. The number of hydrogen-bond donors (Lipinski definition) is 3. The first-order valence-electron chi connectivity index (χ1n) is 13.7. The number of pyridine rings is 1. The minimum atomic E-state index is -0.184. The largest absolute Gasteiger partial charge is 0.361 e. The van der Waals surface area contributed by atoms with E-state index < -0.39 is 0 Å². The Balaban J connectivity index is 1.48. The number of aromatic amines is 3. The molecule has 194 valence electrons. The van der Waals surface area contributed by atoms with Crippen LogP contribution >= 0.6 is 0 Å². The number of rotatable bonds is 4. The Morgan fingerprint density at radius 3 is 2.15 bits per heavy atom. The SMILES string of the molecule is Cc1ccc(-c2nc(C(c3c[nH]c4ccccc34)c3c[nH]c4ccc(C#N)cc34)cc3c2[nH]c2ccccc23)cc1. The molecular weight excluding hydrogens is 502 g/mol. The maximum Gasteiger partial charge on any atom is 0.0991 e. The van der Waals surface area contributed by atoms with E-state index in [1.54, 1.807) is 0 Å². The predicted molar refractivity (Wildman–Crippen MR) is 166 cm³/mol. The van der Waals surface area contributed by atoms with Crippen molar-refractivity contribution in [1.82, 2.24) is 19.9 Å². The summed E-state index contributed by atoms with van der Waals surface area (Å²) in [5.74, 6) is -0.184. The van der Waals surface area contributed by atoms with Crippen LogP contribution in [-0.4, -0.2) is 19.9 Å². The summed E-state index contributed by atoms with van der Waals surface area (Å²) < 4.78 is 0. The Morgan fingerprint density at radius 1 is 0.683 bits per heavy atom. The summed E-state index contributed by atoms with van der Waals surface area (Å²) in [5, 5.41) is 14.2. The van der Waals surface area contributed by atoms with E-state index in [1.807, 2.05) is 24.3 Å². The van der Waals surface area contributed by atoms with Crippen LogP contribution in [0.3, 0.4) is 0 Å². The Kier molecular flexibility index (Phi) is 5.10. The molecule has 0 bridgehead atoms. The molecule has 0 fully saturated rings. The third kappa shape index (κ3) is 3.65. The predicted octanol–water partition coefficient (Wildman–Crippen LogP) is 8.71. The number of aryl methyl sites for hydroxylation is 1. The van der Waals surface area contributed by atoms with E-state index in [2.05, 4.69) is 113 Å². The normalized spacial score (nSPS) is 12.4. The molecule has 5 nitrogen and oxygen atoms in total. The van der Waals surface area contributed by atoms with Gasteiger partial charge in [0.15, 0.2) is 0 Å². The Hall–Kier alpha value is -5.60. The Labute approximate surface area is 236 Å². The molecule has 0 spiro atoms.